The fourth-order valence-electron chi connectivity index (χ4n) is 3.83. The number of hydrogen-bond acceptors (Lipinski definition) is 7. The lowest BCUT2D eigenvalue weighted by Crippen LogP contribution is -2.26. The number of pyridine rings is 3. The molecule has 0 amide bonds. The third-order valence-electron chi connectivity index (χ3n) is 5.50. The Kier molecular flexibility index (Phi) is 5.21. The van der Waals surface area contributed by atoms with Crippen LogP contribution in [0.4, 0.5) is 4.39 Å². The van der Waals surface area contributed by atoms with Crippen molar-refractivity contribution in [3.8, 4) is 11.1 Å². The molecule has 0 radical (unpaired) electrons. The molecule has 156 valence electrons. The lowest BCUT2D eigenvalue weighted by molar-refractivity contribution is 0.0987. The third-order valence-corrected chi connectivity index (χ3v) is 5.50. The number of Topliss-reactive ketones (excluding diaryl/α,β-unsaturated/α-hetero) is 1. The minimum atomic E-state index is -0.407. The van der Waals surface area contributed by atoms with Gasteiger partial charge in [-0.3, -0.25) is 19.7 Å². The first kappa shape index (κ1) is 19.4. The van der Waals surface area contributed by atoms with Crippen LogP contribution >= 0.6 is 0 Å². The van der Waals surface area contributed by atoms with Crippen LogP contribution in [0.1, 0.15) is 40.8 Å². The van der Waals surface area contributed by atoms with Gasteiger partial charge in [-0.15, -0.1) is 0 Å². The summed E-state index contributed by atoms with van der Waals surface area (Å²) in [4.78, 5) is 29.8. The van der Waals surface area contributed by atoms with E-state index < -0.39 is 5.82 Å². The molecule has 7 nitrogen and oxygen atoms in total. The smallest absolute Gasteiger partial charge is 0.197 e. The Morgan fingerprint density at radius 3 is 2.74 bits per heavy atom. The number of halogens is 1. The number of oxazole rings is 1. The fourth-order valence-corrected chi connectivity index (χ4v) is 3.83. The number of nitrogens with one attached hydrogen (secondary N) is 1. The van der Waals surface area contributed by atoms with E-state index >= 15 is 0 Å². The molecular formula is C23H20FN5O2. The Morgan fingerprint density at radius 1 is 1.06 bits per heavy atom. The van der Waals surface area contributed by atoms with Gasteiger partial charge in [-0.1, -0.05) is 0 Å². The summed E-state index contributed by atoms with van der Waals surface area (Å²) in [5.74, 6) is 0.335. The molecule has 0 unspecified atom stereocenters. The van der Waals surface area contributed by atoms with Crippen LogP contribution in [0.15, 0.2) is 53.7 Å². The SMILES string of the molecule is O=C(Cc1cc2cc(-c3cncc(F)c3)cnc2cn1)c1coc(C2CCNCC2)n1. The summed E-state index contributed by atoms with van der Waals surface area (Å²) in [7, 11) is 0. The van der Waals surface area contributed by atoms with Crippen molar-refractivity contribution < 1.29 is 13.6 Å². The number of nitrogens with zero attached hydrogens (tertiary/aromatic N) is 4. The number of carbonyl (C=O) groups is 1. The lowest BCUT2D eigenvalue weighted by Gasteiger charge is -2.19. The minimum Gasteiger partial charge on any atom is -0.448 e. The molecule has 0 saturated carbocycles. The van der Waals surface area contributed by atoms with E-state index in [2.05, 4.69) is 25.3 Å². The van der Waals surface area contributed by atoms with E-state index in [1.165, 1.54) is 12.3 Å². The van der Waals surface area contributed by atoms with Gasteiger partial charge in [0.15, 0.2) is 11.7 Å². The highest BCUT2D eigenvalue weighted by molar-refractivity contribution is 5.95. The first-order valence-electron chi connectivity index (χ1n) is 10.2. The summed E-state index contributed by atoms with van der Waals surface area (Å²) in [6.45, 7) is 1.86. The van der Waals surface area contributed by atoms with Crippen LogP contribution in [0.25, 0.3) is 22.0 Å². The molecule has 0 aromatic carbocycles. The zero-order valence-corrected chi connectivity index (χ0v) is 16.7. The van der Waals surface area contributed by atoms with Gasteiger partial charge in [0.2, 0.25) is 0 Å². The van der Waals surface area contributed by atoms with Gasteiger partial charge in [0.25, 0.3) is 0 Å². The quantitative estimate of drug-likeness (QED) is 0.495. The van der Waals surface area contributed by atoms with Crippen molar-refractivity contribution in [2.75, 3.05) is 13.1 Å². The predicted molar refractivity (Wildman–Crippen MR) is 112 cm³/mol. The maximum Gasteiger partial charge on any atom is 0.197 e. The molecular weight excluding hydrogens is 397 g/mol. The van der Waals surface area contributed by atoms with E-state index in [0.717, 1.165) is 43.1 Å². The zero-order valence-electron chi connectivity index (χ0n) is 16.7. The Morgan fingerprint density at radius 2 is 1.90 bits per heavy atom. The van der Waals surface area contributed by atoms with Gasteiger partial charge in [0.1, 0.15) is 17.8 Å². The average molecular weight is 417 g/mol. The van der Waals surface area contributed by atoms with E-state index in [1.807, 2.05) is 12.1 Å². The summed E-state index contributed by atoms with van der Waals surface area (Å²) >= 11 is 0. The number of fused-ring (bicyclic) bond motifs is 1. The van der Waals surface area contributed by atoms with Crippen LogP contribution in [-0.2, 0) is 6.42 Å². The van der Waals surface area contributed by atoms with E-state index in [1.54, 1.807) is 18.6 Å². The van der Waals surface area contributed by atoms with Crippen LogP contribution in [0.3, 0.4) is 0 Å². The predicted octanol–water partition coefficient (Wildman–Crippen LogP) is 3.71. The van der Waals surface area contributed by atoms with Crippen LogP contribution in [0, 0.1) is 5.82 Å². The largest absolute Gasteiger partial charge is 0.448 e. The summed E-state index contributed by atoms with van der Waals surface area (Å²) in [6.07, 6.45) is 9.50. The molecule has 1 aliphatic heterocycles. The molecule has 4 aromatic rings. The van der Waals surface area contributed by atoms with E-state index in [0.29, 0.717) is 28.4 Å². The second-order valence-electron chi connectivity index (χ2n) is 7.68. The second kappa shape index (κ2) is 8.31. The van der Waals surface area contributed by atoms with Crippen LogP contribution in [0.2, 0.25) is 0 Å². The number of piperidine rings is 1. The zero-order chi connectivity index (χ0) is 21.2. The number of ketones is 1. The summed E-state index contributed by atoms with van der Waals surface area (Å²) < 4.78 is 19.1. The molecule has 5 heterocycles. The summed E-state index contributed by atoms with van der Waals surface area (Å²) in [5, 5.41) is 4.12. The Balaban J connectivity index is 1.36. The van der Waals surface area contributed by atoms with Crippen molar-refractivity contribution >= 4 is 16.7 Å². The molecule has 1 N–H and O–H groups in total. The van der Waals surface area contributed by atoms with Crippen molar-refractivity contribution in [1.82, 2.24) is 25.3 Å². The van der Waals surface area contributed by atoms with Gasteiger partial charge in [0, 0.05) is 40.5 Å². The highest BCUT2D eigenvalue weighted by Crippen LogP contribution is 2.25. The third kappa shape index (κ3) is 4.20. The lowest BCUT2D eigenvalue weighted by atomic mass is 9.98. The van der Waals surface area contributed by atoms with Crippen molar-refractivity contribution in [1.29, 1.82) is 0 Å². The Hall–Kier alpha value is -3.52. The summed E-state index contributed by atoms with van der Waals surface area (Å²) in [6, 6.07) is 5.12. The monoisotopic (exact) mass is 417 g/mol. The first-order valence-corrected chi connectivity index (χ1v) is 10.2. The molecule has 0 atom stereocenters. The van der Waals surface area contributed by atoms with Gasteiger partial charge in [-0.05, 0) is 44.1 Å². The van der Waals surface area contributed by atoms with E-state index in [4.69, 9.17) is 4.42 Å². The fraction of sp³-hybridized carbons (Fsp3) is 0.261. The molecule has 1 aliphatic rings. The van der Waals surface area contributed by atoms with Gasteiger partial charge >= 0.3 is 0 Å². The van der Waals surface area contributed by atoms with Gasteiger partial charge in [-0.2, -0.15) is 0 Å². The van der Waals surface area contributed by atoms with Gasteiger partial charge in [-0.25, -0.2) is 9.37 Å². The normalized spacial score (nSPS) is 14.7. The number of aromatic nitrogens is 4. The van der Waals surface area contributed by atoms with Crippen molar-refractivity contribution in [3.05, 3.63) is 72.3 Å². The van der Waals surface area contributed by atoms with Crippen molar-refractivity contribution in [3.63, 3.8) is 0 Å². The summed E-state index contributed by atoms with van der Waals surface area (Å²) in [5.41, 5.74) is 3.01. The number of carbonyl (C=O) groups excluding carboxylic acids is 1. The second-order valence-corrected chi connectivity index (χ2v) is 7.68. The topological polar surface area (TPSA) is 93.8 Å². The molecule has 8 heteroatoms. The first-order chi connectivity index (χ1) is 15.2. The van der Waals surface area contributed by atoms with Crippen LogP contribution in [0.5, 0.6) is 0 Å². The Labute approximate surface area is 177 Å². The molecule has 1 fully saturated rings. The van der Waals surface area contributed by atoms with Crippen LogP contribution in [-0.4, -0.2) is 38.8 Å². The number of hydrogen-bond donors (Lipinski definition) is 1. The van der Waals surface area contributed by atoms with E-state index in [-0.39, 0.29) is 18.1 Å². The molecule has 31 heavy (non-hydrogen) atoms. The van der Waals surface area contributed by atoms with E-state index in [9.17, 15) is 9.18 Å². The highest BCUT2D eigenvalue weighted by atomic mass is 19.1. The molecule has 0 aliphatic carbocycles. The van der Waals surface area contributed by atoms with Gasteiger partial charge in [0.05, 0.1) is 24.3 Å². The molecule has 0 bridgehead atoms. The maximum atomic E-state index is 13.5. The molecule has 0 spiro atoms. The Bertz CT molecular complexity index is 1250. The number of rotatable bonds is 5. The minimum absolute atomic E-state index is 0.111. The van der Waals surface area contributed by atoms with Crippen molar-refractivity contribution in [2.24, 2.45) is 0 Å². The highest BCUT2D eigenvalue weighted by Gasteiger charge is 2.22. The van der Waals surface area contributed by atoms with Gasteiger partial charge < -0.3 is 9.73 Å². The average Bonchev–Trinajstić information content (AvgIpc) is 3.30. The molecule has 1 saturated heterocycles. The van der Waals surface area contributed by atoms with Crippen molar-refractivity contribution in [2.45, 2.75) is 25.2 Å². The maximum absolute atomic E-state index is 13.5. The molecule has 5 rings (SSSR count). The standard InChI is InChI=1S/C23H20FN5O2/c24-18-6-17(9-26-11-18)16-5-15-7-19(27-12-20(15)28-10-16)8-22(30)21-13-31-23(29-21)14-1-3-25-4-2-14/h5-7,9-14,25H,1-4,8H2. The van der Waals surface area contributed by atoms with Crippen LogP contribution < -0.4 is 5.32 Å². The molecule has 4 aromatic heterocycles.